The zero-order valence-electron chi connectivity index (χ0n) is 8.80. The van der Waals surface area contributed by atoms with E-state index in [0.29, 0.717) is 0 Å². The lowest BCUT2D eigenvalue weighted by Gasteiger charge is -2.22. The van der Waals surface area contributed by atoms with E-state index >= 15 is 0 Å². The summed E-state index contributed by atoms with van der Waals surface area (Å²) in [6.45, 7) is 3.47. The van der Waals surface area contributed by atoms with Gasteiger partial charge in [0.1, 0.15) is 12.2 Å². The van der Waals surface area contributed by atoms with Crippen LogP contribution in [0, 0.1) is 0 Å². The molecule has 2 aliphatic rings. The Balaban J connectivity index is 2.19. The predicted molar refractivity (Wildman–Crippen MR) is 47.1 cm³/mol. The van der Waals surface area contributed by atoms with E-state index < -0.39 is 36.4 Å². The molecule has 0 unspecified atom stereocenters. The van der Waals surface area contributed by atoms with Crippen LogP contribution in [0.3, 0.4) is 0 Å². The molecule has 0 aliphatic carbocycles. The van der Waals surface area contributed by atoms with Crippen molar-refractivity contribution in [2.45, 2.75) is 44.2 Å². The van der Waals surface area contributed by atoms with Crippen molar-refractivity contribution in [1.82, 2.24) is 0 Å². The van der Waals surface area contributed by atoms with Gasteiger partial charge in [-0.1, -0.05) is 0 Å². The number of carbonyl (C=O) groups is 1. The molecule has 2 rings (SSSR count). The van der Waals surface area contributed by atoms with Crippen molar-refractivity contribution in [3.8, 4) is 0 Å². The van der Waals surface area contributed by atoms with Gasteiger partial charge in [0.15, 0.2) is 18.2 Å². The van der Waals surface area contributed by atoms with E-state index in [2.05, 4.69) is 0 Å². The fraction of sp³-hybridized carbons (Fsp3) is 0.889. The quantitative estimate of drug-likeness (QED) is 0.701. The van der Waals surface area contributed by atoms with Gasteiger partial charge < -0.3 is 24.1 Å². The highest BCUT2D eigenvalue weighted by molar-refractivity contribution is 5.73. The summed E-state index contributed by atoms with van der Waals surface area (Å²) in [6, 6.07) is 0. The highest BCUT2D eigenvalue weighted by Gasteiger charge is 2.57. The number of carboxylic acid groups (broad SMARTS) is 1. The van der Waals surface area contributed by atoms with Gasteiger partial charge in [-0.2, -0.15) is 0 Å². The summed E-state index contributed by atoms with van der Waals surface area (Å²) in [6.07, 6.45) is -2.80. The summed E-state index contributed by atoms with van der Waals surface area (Å²) in [5.41, 5.74) is 0. The third-order valence-electron chi connectivity index (χ3n) is 2.49. The van der Waals surface area contributed by atoms with Crippen molar-refractivity contribution in [3.63, 3.8) is 0 Å². The minimum atomic E-state index is -1.06. The van der Waals surface area contributed by atoms with Crippen LogP contribution in [0.15, 0.2) is 0 Å². The number of aliphatic carboxylic acids is 1. The minimum Gasteiger partial charge on any atom is -0.479 e. The molecule has 0 spiro atoms. The van der Waals surface area contributed by atoms with Crippen molar-refractivity contribution >= 4 is 5.97 Å². The highest BCUT2D eigenvalue weighted by Crippen LogP contribution is 2.38. The van der Waals surface area contributed by atoms with Crippen LogP contribution in [-0.4, -0.2) is 48.6 Å². The van der Waals surface area contributed by atoms with Crippen molar-refractivity contribution < 1.29 is 28.8 Å². The number of hydrogen-bond acceptors (Lipinski definition) is 5. The molecule has 2 aliphatic heterocycles. The number of rotatable bonds is 2. The Kier molecular flexibility index (Phi) is 2.46. The van der Waals surface area contributed by atoms with Crippen molar-refractivity contribution in [2.24, 2.45) is 0 Å². The van der Waals surface area contributed by atoms with Gasteiger partial charge in [0.05, 0.1) is 0 Å². The van der Waals surface area contributed by atoms with E-state index in [9.17, 15) is 4.79 Å². The Bertz CT molecular complexity index is 276. The van der Waals surface area contributed by atoms with Crippen LogP contribution in [0.5, 0.6) is 0 Å². The van der Waals surface area contributed by atoms with Gasteiger partial charge in [0, 0.05) is 7.11 Å². The molecule has 0 bridgehead atoms. The fourth-order valence-electron chi connectivity index (χ4n) is 1.95. The Morgan fingerprint density at radius 2 is 1.93 bits per heavy atom. The normalized spacial score (nSPS) is 42.9. The zero-order valence-corrected chi connectivity index (χ0v) is 8.80. The molecule has 0 radical (unpaired) electrons. The maximum absolute atomic E-state index is 10.9. The maximum Gasteiger partial charge on any atom is 0.335 e. The minimum absolute atomic E-state index is 0.480. The molecule has 0 aromatic heterocycles. The molecule has 6 nitrogen and oxygen atoms in total. The van der Waals surface area contributed by atoms with E-state index in [0.717, 1.165) is 0 Å². The highest BCUT2D eigenvalue weighted by atomic mass is 16.8. The smallest absolute Gasteiger partial charge is 0.335 e. The first-order valence-electron chi connectivity index (χ1n) is 4.71. The monoisotopic (exact) mass is 218 g/mol. The molecule has 4 atom stereocenters. The SMILES string of the molecule is CO[C@H]1O[C@H](C(=O)O)[C@H]2OC(C)(C)O[C@H]12. The molecular weight excluding hydrogens is 204 g/mol. The van der Waals surface area contributed by atoms with Gasteiger partial charge in [0.2, 0.25) is 0 Å². The molecule has 2 heterocycles. The van der Waals surface area contributed by atoms with Crippen LogP contribution in [0.25, 0.3) is 0 Å². The van der Waals surface area contributed by atoms with Crippen LogP contribution in [-0.2, 0) is 23.7 Å². The van der Waals surface area contributed by atoms with E-state index in [1.54, 1.807) is 13.8 Å². The summed E-state index contributed by atoms with van der Waals surface area (Å²) in [4.78, 5) is 10.9. The number of fused-ring (bicyclic) bond motifs is 1. The first-order chi connectivity index (χ1) is 6.94. The lowest BCUT2D eigenvalue weighted by atomic mass is 10.1. The molecule has 6 heteroatoms. The van der Waals surface area contributed by atoms with Crippen LogP contribution in [0.1, 0.15) is 13.8 Å². The Morgan fingerprint density at radius 1 is 1.33 bits per heavy atom. The van der Waals surface area contributed by atoms with E-state index in [1.807, 2.05) is 0 Å². The number of carboxylic acids is 1. The topological polar surface area (TPSA) is 74.2 Å². The molecule has 0 amide bonds. The molecular formula is C9H14O6. The molecule has 2 saturated heterocycles. The summed E-state index contributed by atoms with van der Waals surface area (Å²) in [5.74, 6) is -1.85. The molecule has 1 N–H and O–H groups in total. The Labute approximate surface area is 87.1 Å². The zero-order chi connectivity index (χ0) is 11.2. The van der Waals surface area contributed by atoms with Gasteiger partial charge in [-0.05, 0) is 13.8 Å². The lowest BCUT2D eigenvalue weighted by molar-refractivity contribution is -0.229. The number of hydrogen-bond donors (Lipinski definition) is 1. The third-order valence-corrected chi connectivity index (χ3v) is 2.49. The molecule has 0 aromatic rings. The maximum atomic E-state index is 10.9. The van der Waals surface area contributed by atoms with Gasteiger partial charge in [-0.3, -0.25) is 0 Å². The summed E-state index contributed by atoms with van der Waals surface area (Å²) in [7, 11) is 1.45. The van der Waals surface area contributed by atoms with Crippen LogP contribution in [0.2, 0.25) is 0 Å². The van der Waals surface area contributed by atoms with Crippen LogP contribution in [0.4, 0.5) is 0 Å². The van der Waals surface area contributed by atoms with E-state index in [4.69, 9.17) is 24.1 Å². The average molecular weight is 218 g/mol. The molecule has 86 valence electrons. The molecule has 0 aromatic carbocycles. The van der Waals surface area contributed by atoms with Gasteiger partial charge >= 0.3 is 5.97 Å². The van der Waals surface area contributed by atoms with Crippen LogP contribution >= 0.6 is 0 Å². The second-order valence-electron chi connectivity index (χ2n) is 4.06. The van der Waals surface area contributed by atoms with E-state index in [-0.39, 0.29) is 0 Å². The largest absolute Gasteiger partial charge is 0.479 e. The number of methoxy groups -OCH3 is 1. The van der Waals surface area contributed by atoms with Crippen LogP contribution < -0.4 is 0 Å². The first-order valence-corrected chi connectivity index (χ1v) is 4.71. The average Bonchev–Trinajstić information content (AvgIpc) is 2.57. The second-order valence-corrected chi connectivity index (χ2v) is 4.06. The van der Waals surface area contributed by atoms with Crippen molar-refractivity contribution in [3.05, 3.63) is 0 Å². The van der Waals surface area contributed by atoms with Gasteiger partial charge in [0.25, 0.3) is 0 Å². The van der Waals surface area contributed by atoms with Crippen molar-refractivity contribution in [2.75, 3.05) is 7.11 Å². The summed E-state index contributed by atoms with van der Waals surface area (Å²) < 4.78 is 21.2. The van der Waals surface area contributed by atoms with Gasteiger partial charge in [-0.15, -0.1) is 0 Å². The third kappa shape index (κ3) is 1.74. The Morgan fingerprint density at radius 3 is 2.47 bits per heavy atom. The molecule has 0 saturated carbocycles. The molecule has 2 fully saturated rings. The standard InChI is InChI=1S/C9H14O6/c1-9(2)14-4-5(7(10)11)13-8(12-3)6(4)15-9/h4-6,8H,1-3H3,(H,10,11)/t4-,5+,6+,8+/m1/s1. The summed E-state index contributed by atoms with van der Waals surface area (Å²) >= 11 is 0. The van der Waals surface area contributed by atoms with Gasteiger partial charge in [-0.25, -0.2) is 4.79 Å². The summed E-state index contributed by atoms with van der Waals surface area (Å²) in [5, 5.41) is 8.93. The fourth-order valence-corrected chi connectivity index (χ4v) is 1.95. The second kappa shape index (κ2) is 3.41. The lowest BCUT2D eigenvalue weighted by Crippen LogP contribution is -2.35. The van der Waals surface area contributed by atoms with Crippen molar-refractivity contribution in [1.29, 1.82) is 0 Å². The Hall–Kier alpha value is -0.690. The predicted octanol–water partition coefficient (Wildman–Crippen LogP) is -0.0376. The molecule has 15 heavy (non-hydrogen) atoms. The number of ether oxygens (including phenoxy) is 4. The first kappa shape index (κ1) is 10.8. The van der Waals surface area contributed by atoms with E-state index in [1.165, 1.54) is 7.11 Å².